The number of imidazole rings is 1. The fourth-order valence-electron chi connectivity index (χ4n) is 1.78. The predicted octanol–water partition coefficient (Wildman–Crippen LogP) is 2.40. The highest BCUT2D eigenvalue weighted by Crippen LogP contribution is 2.34. The first-order valence-electron chi connectivity index (χ1n) is 4.86. The molecule has 0 amide bonds. The Labute approximate surface area is 89.9 Å². The average molecular weight is 255 g/mol. The van der Waals surface area contributed by atoms with Gasteiger partial charge in [0.15, 0.2) is 0 Å². The summed E-state index contributed by atoms with van der Waals surface area (Å²) in [7, 11) is 0. The molecule has 0 saturated heterocycles. The Morgan fingerprint density at radius 3 is 2.79 bits per heavy atom. The number of hydrogen-bond acceptors (Lipinski definition) is 2. The van der Waals surface area contributed by atoms with Crippen LogP contribution in [-0.2, 0) is 0 Å². The molecule has 1 aliphatic carbocycles. The lowest BCUT2D eigenvalue weighted by atomic mass is 9.85. The molecule has 0 bridgehead atoms. The number of H-pyrrole nitrogens is 1. The minimum Gasteiger partial charge on any atom is -0.277 e. The van der Waals surface area contributed by atoms with E-state index in [1.54, 1.807) is 0 Å². The van der Waals surface area contributed by atoms with Gasteiger partial charge in [0.1, 0.15) is 10.4 Å². The van der Waals surface area contributed by atoms with E-state index < -0.39 is 0 Å². The molecule has 0 unspecified atom stereocenters. The minimum atomic E-state index is 0.629. The molecular formula is C9H11BrN4. The van der Waals surface area contributed by atoms with Gasteiger partial charge >= 0.3 is 0 Å². The summed E-state index contributed by atoms with van der Waals surface area (Å²) < 4.78 is 2.88. The van der Waals surface area contributed by atoms with Crippen molar-refractivity contribution < 1.29 is 0 Å². The monoisotopic (exact) mass is 254 g/mol. The SMILES string of the molecule is Cc1nc2nc(C3CCC3)[nH]n2c1Br. The Hall–Kier alpha value is -0.840. The Morgan fingerprint density at radius 2 is 2.21 bits per heavy atom. The van der Waals surface area contributed by atoms with Crippen molar-refractivity contribution in [1.29, 1.82) is 0 Å². The Morgan fingerprint density at radius 1 is 1.43 bits per heavy atom. The number of fused-ring (bicyclic) bond motifs is 1. The molecule has 0 atom stereocenters. The van der Waals surface area contributed by atoms with Crippen molar-refractivity contribution in [3.05, 3.63) is 16.1 Å². The lowest BCUT2D eigenvalue weighted by molar-refractivity contribution is 0.401. The van der Waals surface area contributed by atoms with Crippen LogP contribution in [0.25, 0.3) is 5.78 Å². The molecule has 1 N–H and O–H groups in total. The van der Waals surface area contributed by atoms with Gasteiger partial charge < -0.3 is 0 Å². The highest BCUT2D eigenvalue weighted by Gasteiger charge is 2.23. The van der Waals surface area contributed by atoms with Gasteiger partial charge in [-0.3, -0.25) is 5.10 Å². The molecule has 14 heavy (non-hydrogen) atoms. The van der Waals surface area contributed by atoms with Crippen molar-refractivity contribution in [2.75, 3.05) is 0 Å². The van der Waals surface area contributed by atoms with Crippen LogP contribution in [0, 0.1) is 6.92 Å². The highest BCUT2D eigenvalue weighted by molar-refractivity contribution is 9.10. The molecule has 4 nitrogen and oxygen atoms in total. The van der Waals surface area contributed by atoms with Crippen molar-refractivity contribution in [3.63, 3.8) is 0 Å². The van der Waals surface area contributed by atoms with Crippen molar-refractivity contribution in [2.24, 2.45) is 0 Å². The molecule has 0 aromatic carbocycles. The second-order valence-corrected chi connectivity index (χ2v) is 4.61. The van der Waals surface area contributed by atoms with Gasteiger partial charge in [0, 0.05) is 5.92 Å². The molecule has 74 valence electrons. The topological polar surface area (TPSA) is 46.0 Å². The van der Waals surface area contributed by atoms with Gasteiger partial charge in [-0.1, -0.05) is 6.42 Å². The van der Waals surface area contributed by atoms with Gasteiger partial charge in [0.05, 0.1) is 5.69 Å². The normalized spacial score (nSPS) is 17.6. The fourth-order valence-corrected chi connectivity index (χ4v) is 2.12. The number of nitrogens with one attached hydrogen (secondary N) is 1. The van der Waals surface area contributed by atoms with Gasteiger partial charge in [0.2, 0.25) is 0 Å². The number of aromatic amines is 1. The number of aryl methyl sites for hydroxylation is 1. The van der Waals surface area contributed by atoms with Crippen LogP contribution in [0.1, 0.15) is 36.7 Å². The highest BCUT2D eigenvalue weighted by atomic mass is 79.9. The summed E-state index contributed by atoms with van der Waals surface area (Å²) in [6.45, 7) is 1.97. The van der Waals surface area contributed by atoms with E-state index >= 15 is 0 Å². The van der Waals surface area contributed by atoms with Gasteiger partial charge in [-0.05, 0) is 35.7 Å². The summed E-state index contributed by atoms with van der Waals surface area (Å²) in [5.41, 5.74) is 0.976. The first-order chi connectivity index (χ1) is 6.75. The molecule has 0 aliphatic heterocycles. The zero-order valence-corrected chi connectivity index (χ0v) is 9.50. The van der Waals surface area contributed by atoms with Crippen LogP contribution >= 0.6 is 15.9 Å². The maximum Gasteiger partial charge on any atom is 0.251 e. The molecule has 2 aromatic rings. The van der Waals surface area contributed by atoms with Crippen molar-refractivity contribution in [3.8, 4) is 0 Å². The van der Waals surface area contributed by atoms with Crippen LogP contribution in [0.4, 0.5) is 0 Å². The van der Waals surface area contributed by atoms with E-state index in [0.29, 0.717) is 5.92 Å². The van der Waals surface area contributed by atoms with Crippen LogP contribution in [0.5, 0.6) is 0 Å². The minimum absolute atomic E-state index is 0.629. The third-order valence-corrected chi connectivity index (χ3v) is 3.83. The van der Waals surface area contributed by atoms with Crippen LogP contribution in [0.3, 0.4) is 0 Å². The summed E-state index contributed by atoms with van der Waals surface area (Å²) in [6, 6.07) is 0. The lowest BCUT2D eigenvalue weighted by Crippen LogP contribution is -2.10. The van der Waals surface area contributed by atoms with Crippen LogP contribution in [0.2, 0.25) is 0 Å². The number of nitrogens with zero attached hydrogens (tertiary/aromatic N) is 3. The van der Waals surface area contributed by atoms with E-state index in [9.17, 15) is 0 Å². The largest absolute Gasteiger partial charge is 0.277 e. The van der Waals surface area contributed by atoms with Crippen LogP contribution in [-0.4, -0.2) is 19.6 Å². The summed E-state index contributed by atoms with van der Waals surface area (Å²) in [5.74, 6) is 2.49. The van der Waals surface area contributed by atoms with Gasteiger partial charge in [0.25, 0.3) is 5.78 Å². The Balaban J connectivity index is 2.12. The van der Waals surface area contributed by atoms with E-state index in [4.69, 9.17) is 0 Å². The van der Waals surface area contributed by atoms with E-state index in [2.05, 4.69) is 31.0 Å². The Bertz CT molecular complexity index is 480. The van der Waals surface area contributed by atoms with Gasteiger partial charge in [-0.15, -0.1) is 0 Å². The third kappa shape index (κ3) is 1.05. The molecule has 1 fully saturated rings. The number of hydrogen-bond donors (Lipinski definition) is 1. The average Bonchev–Trinajstić information content (AvgIpc) is 2.52. The number of rotatable bonds is 1. The van der Waals surface area contributed by atoms with E-state index in [0.717, 1.165) is 21.9 Å². The van der Waals surface area contributed by atoms with Crippen LogP contribution in [0.15, 0.2) is 4.60 Å². The molecular weight excluding hydrogens is 244 g/mol. The third-order valence-electron chi connectivity index (χ3n) is 2.90. The lowest BCUT2D eigenvalue weighted by Gasteiger charge is -2.22. The molecule has 5 heteroatoms. The smallest absolute Gasteiger partial charge is 0.251 e. The first-order valence-corrected chi connectivity index (χ1v) is 5.65. The van der Waals surface area contributed by atoms with Gasteiger partial charge in [-0.2, -0.15) is 4.98 Å². The van der Waals surface area contributed by atoms with Crippen molar-refractivity contribution >= 4 is 21.7 Å². The van der Waals surface area contributed by atoms with Gasteiger partial charge in [-0.25, -0.2) is 9.50 Å². The van der Waals surface area contributed by atoms with E-state index in [1.165, 1.54) is 19.3 Å². The summed E-state index contributed by atoms with van der Waals surface area (Å²) in [6.07, 6.45) is 3.84. The molecule has 0 radical (unpaired) electrons. The second kappa shape index (κ2) is 2.82. The van der Waals surface area contributed by atoms with E-state index in [-0.39, 0.29) is 0 Å². The number of aromatic nitrogens is 4. The zero-order valence-electron chi connectivity index (χ0n) is 7.92. The van der Waals surface area contributed by atoms with Crippen molar-refractivity contribution in [2.45, 2.75) is 32.1 Å². The molecule has 1 saturated carbocycles. The zero-order chi connectivity index (χ0) is 9.71. The predicted molar refractivity (Wildman–Crippen MR) is 56.4 cm³/mol. The maximum absolute atomic E-state index is 4.48. The first kappa shape index (κ1) is 8.47. The molecule has 3 rings (SSSR count). The van der Waals surface area contributed by atoms with Crippen LogP contribution < -0.4 is 0 Å². The Kier molecular flexibility index (Phi) is 1.71. The summed E-state index contributed by atoms with van der Waals surface area (Å²) >= 11 is 3.48. The second-order valence-electron chi connectivity index (χ2n) is 3.86. The van der Waals surface area contributed by atoms with E-state index in [1.807, 2.05) is 11.4 Å². The molecule has 1 aliphatic rings. The molecule has 0 spiro atoms. The standard InChI is InChI=1S/C9H11BrN4/c1-5-7(10)14-9(11-5)12-8(13-14)6-3-2-4-6/h6H,2-4H2,1H3,(H,11,12,13). The molecule has 2 aromatic heterocycles. The summed E-state index contributed by atoms with van der Waals surface area (Å²) in [4.78, 5) is 8.83. The fraction of sp³-hybridized carbons (Fsp3) is 0.556. The van der Waals surface area contributed by atoms with Crippen molar-refractivity contribution in [1.82, 2.24) is 19.6 Å². The summed E-state index contributed by atoms with van der Waals surface area (Å²) in [5, 5.41) is 3.28. The maximum atomic E-state index is 4.48. The number of halogens is 1. The molecule has 2 heterocycles. The quantitative estimate of drug-likeness (QED) is 0.850.